The van der Waals surface area contributed by atoms with Crippen LogP contribution in [0.25, 0.3) is 11.1 Å². The molecule has 0 spiro atoms. The molecule has 94 valence electrons. The van der Waals surface area contributed by atoms with Gasteiger partial charge < -0.3 is 17.2 Å². The van der Waals surface area contributed by atoms with Gasteiger partial charge in [-0.25, -0.2) is 9.37 Å². The van der Waals surface area contributed by atoms with Crippen LogP contribution in [-0.4, -0.2) is 4.98 Å². The minimum absolute atomic E-state index is 0.185. The summed E-state index contributed by atoms with van der Waals surface area (Å²) in [5.41, 5.74) is 19.4. The summed E-state index contributed by atoms with van der Waals surface area (Å²) in [7, 11) is 0. The highest BCUT2D eigenvalue weighted by Gasteiger charge is 2.17. The number of hydrogen-bond donors (Lipinski definition) is 3. The fraction of sp³-hybridized carbons (Fsp3) is 0.154. The fourth-order valence-electron chi connectivity index (χ4n) is 2.02. The van der Waals surface area contributed by atoms with Gasteiger partial charge in [0.15, 0.2) is 0 Å². The number of pyridine rings is 1. The Labute approximate surface area is 105 Å². The highest BCUT2D eigenvalue weighted by molar-refractivity contribution is 5.85. The Morgan fingerprint density at radius 3 is 2.39 bits per heavy atom. The second-order valence-electron chi connectivity index (χ2n) is 3.98. The normalized spacial score (nSPS) is 10.6. The van der Waals surface area contributed by atoms with E-state index in [0.717, 1.165) is 5.56 Å². The Kier molecular flexibility index (Phi) is 3.06. The summed E-state index contributed by atoms with van der Waals surface area (Å²) in [5.74, 6) is 0.0259. The average molecular weight is 246 g/mol. The molecule has 18 heavy (non-hydrogen) atoms. The Morgan fingerprint density at radius 1 is 1.11 bits per heavy atom. The van der Waals surface area contributed by atoms with Crippen LogP contribution in [0.2, 0.25) is 0 Å². The molecule has 0 saturated heterocycles. The molecule has 0 radical (unpaired) electrons. The van der Waals surface area contributed by atoms with Crippen molar-refractivity contribution < 1.29 is 4.39 Å². The van der Waals surface area contributed by atoms with Gasteiger partial charge in [-0.05, 0) is 18.1 Å². The fourth-order valence-corrected chi connectivity index (χ4v) is 2.02. The Bertz CT molecular complexity index is 596. The first kappa shape index (κ1) is 12.2. The maximum Gasteiger partial charge on any atom is 0.149 e. The topological polar surface area (TPSA) is 91.0 Å². The Balaban J connectivity index is 2.79. The molecule has 5 heteroatoms. The lowest BCUT2D eigenvalue weighted by molar-refractivity contribution is 0.631. The molecule has 0 saturated carbocycles. The zero-order valence-electron chi connectivity index (χ0n) is 10.1. The van der Waals surface area contributed by atoms with Gasteiger partial charge >= 0.3 is 0 Å². The van der Waals surface area contributed by atoms with Crippen LogP contribution in [0.15, 0.2) is 24.3 Å². The lowest BCUT2D eigenvalue weighted by Gasteiger charge is -2.15. The molecule has 1 aromatic heterocycles. The predicted molar refractivity (Wildman–Crippen MR) is 72.2 cm³/mol. The summed E-state index contributed by atoms with van der Waals surface area (Å²) < 4.78 is 13.8. The standard InChI is InChI=1S/C13H15FN4/c1-2-7-10(8-5-3-4-6-9(8)14)12(16)18-13(17)11(7)15/h3-6H,2,15H2,1H3,(H4,16,17,18). The lowest BCUT2D eigenvalue weighted by Crippen LogP contribution is -2.08. The predicted octanol–water partition coefficient (Wildman–Crippen LogP) is 2.20. The molecule has 1 aromatic carbocycles. The first-order valence-corrected chi connectivity index (χ1v) is 5.64. The van der Waals surface area contributed by atoms with E-state index in [1.807, 2.05) is 6.92 Å². The van der Waals surface area contributed by atoms with E-state index in [9.17, 15) is 4.39 Å². The van der Waals surface area contributed by atoms with Crippen LogP contribution in [0, 0.1) is 5.82 Å². The van der Waals surface area contributed by atoms with Crippen LogP contribution < -0.4 is 17.2 Å². The van der Waals surface area contributed by atoms with E-state index in [-0.39, 0.29) is 17.5 Å². The Morgan fingerprint density at radius 2 is 1.78 bits per heavy atom. The number of benzene rings is 1. The summed E-state index contributed by atoms with van der Waals surface area (Å²) in [4.78, 5) is 3.96. The van der Waals surface area contributed by atoms with E-state index in [4.69, 9.17) is 17.2 Å². The second-order valence-corrected chi connectivity index (χ2v) is 3.98. The van der Waals surface area contributed by atoms with Crippen molar-refractivity contribution >= 4 is 17.3 Å². The monoisotopic (exact) mass is 246 g/mol. The number of nitrogens with zero attached hydrogens (tertiary/aromatic N) is 1. The molecule has 0 atom stereocenters. The molecule has 0 amide bonds. The molecular formula is C13H15FN4. The van der Waals surface area contributed by atoms with Gasteiger partial charge in [-0.2, -0.15) is 0 Å². The summed E-state index contributed by atoms with van der Waals surface area (Å²) in [6.07, 6.45) is 0.604. The maximum atomic E-state index is 13.8. The number of aromatic nitrogens is 1. The molecule has 6 N–H and O–H groups in total. The molecule has 1 heterocycles. The second kappa shape index (κ2) is 4.52. The van der Waals surface area contributed by atoms with Crippen LogP contribution in [0.5, 0.6) is 0 Å². The van der Waals surface area contributed by atoms with Crippen molar-refractivity contribution in [3.05, 3.63) is 35.6 Å². The van der Waals surface area contributed by atoms with Gasteiger partial charge in [-0.1, -0.05) is 25.1 Å². The first-order chi connectivity index (χ1) is 8.56. The van der Waals surface area contributed by atoms with Gasteiger partial charge in [0, 0.05) is 11.1 Å². The van der Waals surface area contributed by atoms with Gasteiger partial charge in [0.05, 0.1) is 5.69 Å². The van der Waals surface area contributed by atoms with Gasteiger partial charge in [0.2, 0.25) is 0 Å². The number of nitrogens with two attached hydrogens (primary N) is 3. The van der Waals surface area contributed by atoms with E-state index < -0.39 is 0 Å². The van der Waals surface area contributed by atoms with Gasteiger partial charge in [-0.15, -0.1) is 0 Å². The minimum atomic E-state index is -0.357. The van der Waals surface area contributed by atoms with Crippen LogP contribution in [0.1, 0.15) is 12.5 Å². The SMILES string of the molecule is CCc1c(N)c(N)nc(N)c1-c1ccccc1F. The highest BCUT2D eigenvalue weighted by atomic mass is 19.1. The van der Waals surface area contributed by atoms with Crippen LogP contribution >= 0.6 is 0 Å². The third-order valence-corrected chi connectivity index (χ3v) is 2.90. The lowest BCUT2D eigenvalue weighted by atomic mass is 9.97. The summed E-state index contributed by atoms with van der Waals surface area (Å²) in [5, 5.41) is 0. The molecule has 0 aliphatic rings. The minimum Gasteiger partial charge on any atom is -0.396 e. The third-order valence-electron chi connectivity index (χ3n) is 2.90. The number of rotatable bonds is 2. The van der Waals surface area contributed by atoms with Crippen molar-refractivity contribution in [1.29, 1.82) is 0 Å². The van der Waals surface area contributed by atoms with E-state index >= 15 is 0 Å². The molecule has 0 bridgehead atoms. The van der Waals surface area contributed by atoms with Crippen LogP contribution in [0.3, 0.4) is 0 Å². The quantitative estimate of drug-likeness (QED) is 0.757. The first-order valence-electron chi connectivity index (χ1n) is 5.64. The zero-order valence-corrected chi connectivity index (χ0v) is 10.1. The van der Waals surface area contributed by atoms with E-state index in [2.05, 4.69) is 4.98 Å². The summed E-state index contributed by atoms with van der Waals surface area (Å²) in [6, 6.07) is 6.39. The maximum absolute atomic E-state index is 13.8. The van der Waals surface area contributed by atoms with Gasteiger partial charge in [0.1, 0.15) is 17.5 Å². The van der Waals surface area contributed by atoms with Gasteiger partial charge in [0.25, 0.3) is 0 Å². The van der Waals surface area contributed by atoms with Crippen molar-refractivity contribution in [1.82, 2.24) is 4.98 Å². The molecular weight excluding hydrogens is 231 g/mol. The van der Waals surface area contributed by atoms with Gasteiger partial charge in [-0.3, -0.25) is 0 Å². The molecule has 0 aliphatic carbocycles. The molecule has 0 fully saturated rings. The van der Waals surface area contributed by atoms with E-state index in [0.29, 0.717) is 23.2 Å². The zero-order chi connectivity index (χ0) is 13.3. The van der Waals surface area contributed by atoms with Crippen LogP contribution in [-0.2, 0) is 6.42 Å². The summed E-state index contributed by atoms with van der Waals surface area (Å²) in [6.45, 7) is 1.91. The van der Waals surface area contributed by atoms with Crippen molar-refractivity contribution in [3.63, 3.8) is 0 Å². The van der Waals surface area contributed by atoms with Crippen molar-refractivity contribution in [2.75, 3.05) is 17.2 Å². The van der Waals surface area contributed by atoms with Crippen molar-refractivity contribution in [2.45, 2.75) is 13.3 Å². The number of anilines is 3. The van der Waals surface area contributed by atoms with Crippen LogP contribution in [0.4, 0.5) is 21.7 Å². The molecule has 4 nitrogen and oxygen atoms in total. The number of halogens is 1. The van der Waals surface area contributed by atoms with Crippen molar-refractivity contribution in [3.8, 4) is 11.1 Å². The molecule has 2 rings (SSSR count). The smallest absolute Gasteiger partial charge is 0.149 e. The van der Waals surface area contributed by atoms with Crippen molar-refractivity contribution in [2.24, 2.45) is 0 Å². The molecule has 0 aliphatic heterocycles. The molecule has 2 aromatic rings. The third kappa shape index (κ3) is 1.84. The van der Waals surface area contributed by atoms with E-state index in [1.54, 1.807) is 18.2 Å². The Hall–Kier alpha value is -2.30. The molecule has 0 unspecified atom stereocenters. The largest absolute Gasteiger partial charge is 0.396 e. The highest BCUT2D eigenvalue weighted by Crippen LogP contribution is 2.36. The number of nitrogen functional groups attached to an aromatic ring is 3. The summed E-state index contributed by atoms with van der Waals surface area (Å²) >= 11 is 0. The average Bonchev–Trinajstić information content (AvgIpc) is 2.34. The number of hydrogen-bond acceptors (Lipinski definition) is 4. The van der Waals surface area contributed by atoms with E-state index in [1.165, 1.54) is 6.07 Å².